The lowest BCUT2D eigenvalue weighted by molar-refractivity contribution is 0.0992. The SMILES string of the molecule is CCC(=O)c1sc(NC(CC)C(C)C)c(S(C)(=O)=O)c1N. The van der Waals surface area contributed by atoms with E-state index >= 15 is 0 Å². The molecule has 0 saturated carbocycles. The summed E-state index contributed by atoms with van der Waals surface area (Å²) in [5.41, 5.74) is 6.01. The molecule has 0 aliphatic carbocycles. The van der Waals surface area contributed by atoms with E-state index in [9.17, 15) is 13.2 Å². The molecule has 1 atom stereocenters. The molecular formula is C14H24N2O3S2. The predicted octanol–water partition coefficient (Wildman–Crippen LogP) is 3.17. The first-order valence-electron chi connectivity index (χ1n) is 7.05. The van der Waals surface area contributed by atoms with Crippen molar-refractivity contribution in [2.24, 2.45) is 5.92 Å². The Morgan fingerprint density at radius 3 is 2.29 bits per heavy atom. The lowest BCUT2D eigenvalue weighted by Gasteiger charge is -2.21. The van der Waals surface area contributed by atoms with Crippen molar-refractivity contribution in [3.05, 3.63) is 4.88 Å². The Balaban J connectivity index is 3.40. The summed E-state index contributed by atoms with van der Waals surface area (Å²) in [5, 5.41) is 3.73. The molecule has 1 unspecified atom stereocenters. The lowest BCUT2D eigenvalue weighted by atomic mass is 10.0. The second-order valence-electron chi connectivity index (χ2n) is 5.46. The molecule has 0 saturated heterocycles. The van der Waals surface area contributed by atoms with Crippen molar-refractivity contribution in [2.75, 3.05) is 17.3 Å². The molecule has 0 aromatic carbocycles. The van der Waals surface area contributed by atoms with Crippen molar-refractivity contribution < 1.29 is 13.2 Å². The largest absolute Gasteiger partial charge is 0.396 e. The van der Waals surface area contributed by atoms with Crippen LogP contribution >= 0.6 is 11.3 Å². The highest BCUT2D eigenvalue weighted by molar-refractivity contribution is 7.91. The van der Waals surface area contributed by atoms with E-state index in [2.05, 4.69) is 19.2 Å². The van der Waals surface area contributed by atoms with Crippen LogP contribution < -0.4 is 11.1 Å². The normalized spacial score (nSPS) is 13.4. The highest BCUT2D eigenvalue weighted by Gasteiger charge is 2.27. The van der Waals surface area contributed by atoms with Crippen LogP contribution in [0.1, 0.15) is 50.2 Å². The zero-order chi connectivity index (χ0) is 16.4. The van der Waals surface area contributed by atoms with Gasteiger partial charge in [-0.25, -0.2) is 8.42 Å². The summed E-state index contributed by atoms with van der Waals surface area (Å²) in [6.45, 7) is 7.90. The van der Waals surface area contributed by atoms with Gasteiger partial charge in [0, 0.05) is 18.7 Å². The summed E-state index contributed by atoms with van der Waals surface area (Å²) in [6, 6.07) is 0.133. The number of Topliss-reactive ketones (excluding diaryl/α,β-unsaturated/α-hetero) is 1. The Labute approximate surface area is 130 Å². The number of nitrogen functional groups attached to an aromatic ring is 1. The van der Waals surface area contributed by atoms with Crippen LogP contribution in [-0.2, 0) is 9.84 Å². The fourth-order valence-corrected chi connectivity index (χ4v) is 4.80. The third-order valence-corrected chi connectivity index (χ3v) is 5.88. The lowest BCUT2D eigenvalue weighted by Crippen LogP contribution is -2.24. The minimum atomic E-state index is -3.49. The number of anilines is 2. The maximum absolute atomic E-state index is 12.0. The van der Waals surface area contributed by atoms with E-state index in [4.69, 9.17) is 5.73 Å². The molecule has 1 aromatic heterocycles. The summed E-state index contributed by atoms with van der Waals surface area (Å²) in [5.74, 6) is 0.212. The van der Waals surface area contributed by atoms with Crippen molar-refractivity contribution in [1.29, 1.82) is 0 Å². The Kier molecular flexibility index (Phi) is 5.81. The topological polar surface area (TPSA) is 89.3 Å². The van der Waals surface area contributed by atoms with Crippen LogP contribution in [0.3, 0.4) is 0 Å². The molecule has 0 bridgehead atoms. The van der Waals surface area contributed by atoms with Crippen LogP contribution in [0.15, 0.2) is 4.90 Å². The number of thiophene rings is 1. The van der Waals surface area contributed by atoms with Gasteiger partial charge in [-0.2, -0.15) is 0 Å². The molecule has 3 N–H and O–H groups in total. The number of hydrogen-bond acceptors (Lipinski definition) is 6. The molecule has 0 aliphatic heterocycles. The van der Waals surface area contributed by atoms with Gasteiger partial charge >= 0.3 is 0 Å². The number of sulfone groups is 1. The van der Waals surface area contributed by atoms with Gasteiger partial charge < -0.3 is 11.1 Å². The number of rotatable bonds is 7. The molecule has 0 spiro atoms. The van der Waals surface area contributed by atoms with E-state index in [1.54, 1.807) is 6.92 Å². The van der Waals surface area contributed by atoms with E-state index < -0.39 is 9.84 Å². The first-order chi connectivity index (χ1) is 9.63. The Morgan fingerprint density at radius 1 is 1.33 bits per heavy atom. The van der Waals surface area contributed by atoms with Crippen LogP contribution in [0.4, 0.5) is 10.7 Å². The molecule has 0 amide bonds. The molecule has 0 fully saturated rings. The number of carbonyl (C=O) groups is 1. The van der Waals surface area contributed by atoms with Gasteiger partial charge in [0.2, 0.25) is 0 Å². The summed E-state index contributed by atoms with van der Waals surface area (Å²) in [6.07, 6.45) is 2.28. The average molecular weight is 332 g/mol. The van der Waals surface area contributed by atoms with Gasteiger partial charge in [-0.15, -0.1) is 11.3 Å². The van der Waals surface area contributed by atoms with Gasteiger partial charge in [-0.3, -0.25) is 4.79 Å². The van der Waals surface area contributed by atoms with Crippen LogP contribution in [0, 0.1) is 5.92 Å². The van der Waals surface area contributed by atoms with Crippen molar-refractivity contribution in [3.8, 4) is 0 Å². The highest BCUT2D eigenvalue weighted by atomic mass is 32.2. The monoisotopic (exact) mass is 332 g/mol. The van der Waals surface area contributed by atoms with Gasteiger partial charge in [-0.05, 0) is 12.3 Å². The fourth-order valence-electron chi connectivity index (χ4n) is 2.17. The standard InChI is InChI=1S/C14H24N2O3S2/c1-6-9(8(3)4)16-14-13(21(5,18)19)11(15)12(20-14)10(17)7-2/h8-9,16H,6-7,15H2,1-5H3. The Bertz CT molecular complexity index is 618. The van der Waals surface area contributed by atoms with E-state index in [1.165, 1.54) is 0 Å². The number of nitrogens with two attached hydrogens (primary N) is 1. The molecule has 7 heteroatoms. The van der Waals surface area contributed by atoms with Crippen molar-refractivity contribution >= 4 is 37.6 Å². The summed E-state index contributed by atoms with van der Waals surface area (Å²) in [4.78, 5) is 12.3. The summed E-state index contributed by atoms with van der Waals surface area (Å²) in [7, 11) is -3.49. The highest BCUT2D eigenvalue weighted by Crippen LogP contribution is 2.40. The Hall–Kier alpha value is -1.08. The second kappa shape index (κ2) is 6.79. The van der Waals surface area contributed by atoms with Gasteiger partial charge in [0.05, 0.1) is 10.6 Å². The minimum Gasteiger partial charge on any atom is -0.396 e. The van der Waals surface area contributed by atoms with Crippen LogP contribution in [0.2, 0.25) is 0 Å². The third kappa shape index (κ3) is 3.97. The fraction of sp³-hybridized carbons (Fsp3) is 0.643. The van der Waals surface area contributed by atoms with Crippen LogP contribution in [0.25, 0.3) is 0 Å². The quantitative estimate of drug-likeness (QED) is 0.749. The molecule has 120 valence electrons. The smallest absolute Gasteiger partial charge is 0.180 e. The maximum atomic E-state index is 12.0. The maximum Gasteiger partial charge on any atom is 0.180 e. The molecule has 0 aliphatic rings. The van der Waals surface area contributed by atoms with Gasteiger partial charge in [0.15, 0.2) is 15.6 Å². The zero-order valence-electron chi connectivity index (χ0n) is 13.2. The van der Waals surface area contributed by atoms with E-state index in [1.807, 2.05) is 6.92 Å². The molecule has 1 aromatic rings. The number of ketones is 1. The zero-order valence-corrected chi connectivity index (χ0v) is 14.8. The predicted molar refractivity (Wildman–Crippen MR) is 89.0 cm³/mol. The van der Waals surface area contributed by atoms with E-state index in [0.29, 0.717) is 22.2 Å². The number of hydrogen-bond donors (Lipinski definition) is 2. The first kappa shape index (κ1) is 18.0. The van der Waals surface area contributed by atoms with Crippen LogP contribution in [0.5, 0.6) is 0 Å². The van der Waals surface area contributed by atoms with Crippen molar-refractivity contribution in [2.45, 2.75) is 51.5 Å². The van der Waals surface area contributed by atoms with Gasteiger partial charge in [0.1, 0.15) is 9.90 Å². The molecular weight excluding hydrogens is 308 g/mol. The Morgan fingerprint density at radius 2 is 1.90 bits per heavy atom. The van der Waals surface area contributed by atoms with Crippen LogP contribution in [-0.4, -0.2) is 26.5 Å². The van der Waals surface area contributed by atoms with Gasteiger partial charge in [-0.1, -0.05) is 27.7 Å². The van der Waals surface area contributed by atoms with Crippen molar-refractivity contribution in [1.82, 2.24) is 0 Å². The van der Waals surface area contributed by atoms with E-state index in [0.717, 1.165) is 24.0 Å². The molecule has 1 heterocycles. The van der Waals surface area contributed by atoms with E-state index in [-0.39, 0.29) is 22.4 Å². The first-order valence-corrected chi connectivity index (χ1v) is 9.76. The minimum absolute atomic E-state index is 0.0587. The summed E-state index contributed by atoms with van der Waals surface area (Å²) < 4.78 is 24.0. The molecule has 0 radical (unpaired) electrons. The number of nitrogens with one attached hydrogen (secondary N) is 1. The van der Waals surface area contributed by atoms with Gasteiger partial charge in [0.25, 0.3) is 0 Å². The van der Waals surface area contributed by atoms with Crippen molar-refractivity contribution in [3.63, 3.8) is 0 Å². The summed E-state index contributed by atoms with van der Waals surface area (Å²) >= 11 is 1.14. The second-order valence-corrected chi connectivity index (χ2v) is 8.43. The number of carbonyl (C=O) groups excluding carboxylic acids is 1. The molecule has 21 heavy (non-hydrogen) atoms. The molecule has 1 rings (SSSR count). The average Bonchev–Trinajstić information content (AvgIpc) is 2.71. The molecule has 5 nitrogen and oxygen atoms in total. The third-order valence-electron chi connectivity index (χ3n) is 3.41.